The summed E-state index contributed by atoms with van der Waals surface area (Å²) in [5, 5.41) is 14.5. The van der Waals surface area contributed by atoms with Crippen molar-refractivity contribution in [3.8, 4) is 0 Å². The van der Waals surface area contributed by atoms with Crippen LogP contribution in [0.4, 0.5) is 16.2 Å². The van der Waals surface area contributed by atoms with Crippen molar-refractivity contribution < 1.29 is 14.5 Å². The molecule has 126 valence electrons. The van der Waals surface area contributed by atoms with Gasteiger partial charge in [-0.3, -0.25) is 10.1 Å². The SMILES string of the molecule is CCOC(=O)N1CCC(Nc2c(C)cc([N+](=O)[O-])cc2Cl)CC1. The summed E-state index contributed by atoms with van der Waals surface area (Å²) in [6.07, 6.45) is 1.26. The Bertz CT molecular complexity index is 577. The van der Waals surface area contributed by atoms with E-state index in [9.17, 15) is 14.9 Å². The third-order valence-corrected chi connectivity index (χ3v) is 4.15. The van der Waals surface area contributed by atoms with Crippen molar-refractivity contribution in [2.45, 2.75) is 32.7 Å². The molecule has 0 unspecified atom stereocenters. The second kappa shape index (κ2) is 7.50. The first-order valence-corrected chi connectivity index (χ1v) is 7.93. The van der Waals surface area contributed by atoms with Crippen LogP contribution in [0.2, 0.25) is 5.02 Å². The Labute approximate surface area is 139 Å². The molecule has 2 rings (SSSR count). The minimum absolute atomic E-state index is 0.0184. The van der Waals surface area contributed by atoms with Crippen molar-refractivity contribution in [3.05, 3.63) is 32.8 Å². The van der Waals surface area contributed by atoms with Crippen LogP contribution in [0.1, 0.15) is 25.3 Å². The van der Waals surface area contributed by atoms with Gasteiger partial charge in [0.05, 0.1) is 22.2 Å². The fourth-order valence-electron chi connectivity index (χ4n) is 2.64. The van der Waals surface area contributed by atoms with Crippen molar-refractivity contribution in [2.24, 2.45) is 0 Å². The summed E-state index contributed by atoms with van der Waals surface area (Å²) in [5.41, 5.74) is 1.43. The number of anilines is 1. The fraction of sp³-hybridized carbons (Fsp3) is 0.533. The van der Waals surface area contributed by atoms with Gasteiger partial charge in [0.1, 0.15) is 0 Å². The Hall–Kier alpha value is -2.02. The van der Waals surface area contributed by atoms with Crippen molar-refractivity contribution in [1.29, 1.82) is 0 Å². The van der Waals surface area contributed by atoms with Gasteiger partial charge in [0.25, 0.3) is 5.69 Å². The highest BCUT2D eigenvalue weighted by Crippen LogP contribution is 2.32. The standard InChI is InChI=1S/C15H20ClN3O4/c1-3-23-15(20)18-6-4-11(5-7-18)17-14-10(2)8-12(19(21)22)9-13(14)16/h8-9,11,17H,3-7H2,1-2H3. The number of non-ortho nitro benzene ring substituents is 1. The van der Waals surface area contributed by atoms with Crippen LogP contribution >= 0.6 is 11.6 Å². The molecule has 0 bridgehead atoms. The molecule has 1 saturated heterocycles. The van der Waals surface area contributed by atoms with Crippen LogP contribution in [-0.4, -0.2) is 41.7 Å². The van der Waals surface area contributed by atoms with Gasteiger partial charge in [-0.2, -0.15) is 0 Å². The average molecular weight is 342 g/mol. The number of rotatable bonds is 4. The van der Waals surface area contributed by atoms with Crippen LogP contribution in [0.3, 0.4) is 0 Å². The summed E-state index contributed by atoms with van der Waals surface area (Å²) >= 11 is 6.17. The van der Waals surface area contributed by atoms with E-state index >= 15 is 0 Å². The summed E-state index contributed by atoms with van der Waals surface area (Å²) in [6.45, 7) is 5.16. The fourth-order valence-corrected chi connectivity index (χ4v) is 2.95. The number of ether oxygens (including phenoxy) is 1. The lowest BCUT2D eigenvalue weighted by molar-refractivity contribution is -0.384. The van der Waals surface area contributed by atoms with E-state index in [-0.39, 0.29) is 17.8 Å². The molecule has 0 radical (unpaired) electrons. The van der Waals surface area contributed by atoms with E-state index in [4.69, 9.17) is 16.3 Å². The Morgan fingerprint density at radius 1 is 1.48 bits per heavy atom. The van der Waals surface area contributed by atoms with Gasteiger partial charge in [-0.25, -0.2) is 4.79 Å². The van der Waals surface area contributed by atoms with E-state index in [2.05, 4.69) is 5.32 Å². The highest BCUT2D eigenvalue weighted by molar-refractivity contribution is 6.33. The molecule has 1 heterocycles. The summed E-state index contributed by atoms with van der Waals surface area (Å²) in [6, 6.07) is 3.02. The molecule has 1 fully saturated rings. The average Bonchev–Trinajstić information content (AvgIpc) is 2.51. The Balaban J connectivity index is 1.99. The quantitative estimate of drug-likeness (QED) is 0.668. The predicted octanol–water partition coefficient (Wildman–Crippen LogP) is 3.59. The zero-order valence-electron chi connectivity index (χ0n) is 13.2. The van der Waals surface area contributed by atoms with E-state index in [1.54, 1.807) is 18.7 Å². The molecule has 7 nitrogen and oxygen atoms in total. The van der Waals surface area contributed by atoms with Gasteiger partial charge in [0, 0.05) is 31.3 Å². The Morgan fingerprint density at radius 2 is 2.13 bits per heavy atom. The van der Waals surface area contributed by atoms with E-state index in [1.807, 2.05) is 0 Å². The molecule has 23 heavy (non-hydrogen) atoms. The van der Waals surface area contributed by atoms with E-state index in [0.717, 1.165) is 18.4 Å². The third kappa shape index (κ3) is 4.25. The number of carbonyl (C=O) groups is 1. The molecule has 0 spiro atoms. The second-order valence-electron chi connectivity index (χ2n) is 5.48. The van der Waals surface area contributed by atoms with Gasteiger partial charge in [-0.15, -0.1) is 0 Å². The number of piperidine rings is 1. The van der Waals surface area contributed by atoms with Crippen LogP contribution in [0.5, 0.6) is 0 Å². The predicted molar refractivity (Wildman–Crippen MR) is 88.1 cm³/mol. The summed E-state index contributed by atoms with van der Waals surface area (Å²) in [7, 11) is 0. The smallest absolute Gasteiger partial charge is 0.409 e. The zero-order valence-corrected chi connectivity index (χ0v) is 13.9. The Morgan fingerprint density at radius 3 is 2.65 bits per heavy atom. The van der Waals surface area contributed by atoms with Crippen molar-refractivity contribution >= 4 is 29.1 Å². The van der Waals surface area contributed by atoms with Crippen LogP contribution in [-0.2, 0) is 4.74 Å². The number of nitrogens with zero attached hydrogens (tertiary/aromatic N) is 2. The van der Waals surface area contributed by atoms with E-state index < -0.39 is 4.92 Å². The van der Waals surface area contributed by atoms with Gasteiger partial charge in [0.2, 0.25) is 0 Å². The molecular formula is C15H20ClN3O4. The van der Waals surface area contributed by atoms with Gasteiger partial charge >= 0.3 is 6.09 Å². The molecular weight excluding hydrogens is 322 g/mol. The molecule has 1 aromatic rings. The number of likely N-dealkylation sites (tertiary alicyclic amines) is 1. The minimum atomic E-state index is -0.458. The number of aryl methyl sites for hydroxylation is 1. The number of amides is 1. The monoisotopic (exact) mass is 341 g/mol. The molecule has 0 saturated carbocycles. The maximum absolute atomic E-state index is 11.7. The third-order valence-electron chi connectivity index (χ3n) is 3.85. The number of benzene rings is 1. The van der Waals surface area contributed by atoms with E-state index in [0.29, 0.717) is 30.4 Å². The van der Waals surface area contributed by atoms with Gasteiger partial charge < -0.3 is 15.0 Å². The molecule has 1 aliphatic rings. The number of hydrogen-bond acceptors (Lipinski definition) is 5. The van der Waals surface area contributed by atoms with Crippen LogP contribution in [0.25, 0.3) is 0 Å². The molecule has 0 aliphatic carbocycles. The zero-order chi connectivity index (χ0) is 17.0. The molecule has 1 N–H and O–H groups in total. The number of nitro groups is 1. The summed E-state index contributed by atoms with van der Waals surface area (Å²) < 4.78 is 4.99. The lowest BCUT2D eigenvalue weighted by atomic mass is 10.0. The first kappa shape index (κ1) is 17.3. The second-order valence-corrected chi connectivity index (χ2v) is 5.89. The number of hydrogen-bond donors (Lipinski definition) is 1. The maximum atomic E-state index is 11.7. The molecule has 1 amide bonds. The molecule has 1 aromatic carbocycles. The molecule has 1 aliphatic heterocycles. The summed E-state index contributed by atoms with van der Waals surface area (Å²) in [4.78, 5) is 23.7. The number of nitrogens with one attached hydrogen (secondary N) is 1. The number of halogens is 1. The van der Waals surface area contributed by atoms with Gasteiger partial charge in [-0.1, -0.05) is 11.6 Å². The van der Waals surface area contributed by atoms with Crippen LogP contribution < -0.4 is 5.32 Å². The largest absolute Gasteiger partial charge is 0.450 e. The lowest BCUT2D eigenvalue weighted by Crippen LogP contribution is -2.42. The van der Waals surface area contributed by atoms with Crippen molar-refractivity contribution in [2.75, 3.05) is 25.0 Å². The highest BCUT2D eigenvalue weighted by Gasteiger charge is 2.24. The minimum Gasteiger partial charge on any atom is -0.450 e. The molecule has 8 heteroatoms. The van der Waals surface area contributed by atoms with Crippen molar-refractivity contribution in [1.82, 2.24) is 4.90 Å². The van der Waals surface area contributed by atoms with Crippen molar-refractivity contribution in [3.63, 3.8) is 0 Å². The van der Waals surface area contributed by atoms with Gasteiger partial charge in [-0.05, 0) is 32.3 Å². The van der Waals surface area contributed by atoms with Gasteiger partial charge in [0.15, 0.2) is 0 Å². The van der Waals surface area contributed by atoms with Crippen LogP contribution in [0.15, 0.2) is 12.1 Å². The molecule has 0 aromatic heterocycles. The summed E-state index contributed by atoms with van der Waals surface area (Å²) in [5.74, 6) is 0. The topological polar surface area (TPSA) is 84.7 Å². The lowest BCUT2D eigenvalue weighted by Gasteiger charge is -2.32. The number of carbonyl (C=O) groups excluding carboxylic acids is 1. The Kier molecular flexibility index (Phi) is 5.65. The normalized spacial score (nSPS) is 15.3. The van der Waals surface area contributed by atoms with Crippen LogP contribution in [0, 0.1) is 17.0 Å². The highest BCUT2D eigenvalue weighted by atomic mass is 35.5. The van der Waals surface area contributed by atoms with E-state index in [1.165, 1.54) is 12.1 Å². The molecule has 0 atom stereocenters. The first-order valence-electron chi connectivity index (χ1n) is 7.55. The maximum Gasteiger partial charge on any atom is 0.409 e. The first-order chi connectivity index (χ1) is 10.9. The number of nitro benzene ring substituents is 1.